The predicted octanol–water partition coefficient (Wildman–Crippen LogP) is -0.802. The predicted molar refractivity (Wildman–Crippen MR) is 56.2 cm³/mol. The number of nitrogens with one attached hydrogen (secondary N) is 1. The molecule has 0 fully saturated rings. The zero-order chi connectivity index (χ0) is 11.5. The molecule has 1 heterocycles. The van der Waals surface area contributed by atoms with Gasteiger partial charge in [0.2, 0.25) is 0 Å². The smallest absolute Gasteiger partial charge is 0.255 e. The molecule has 7 nitrogen and oxygen atoms in total. The van der Waals surface area contributed by atoms with E-state index < -0.39 is 10.9 Å². The summed E-state index contributed by atoms with van der Waals surface area (Å²) in [5, 5.41) is 0. The van der Waals surface area contributed by atoms with E-state index >= 15 is 0 Å². The van der Waals surface area contributed by atoms with Gasteiger partial charge in [-0.15, -0.1) is 0 Å². The Bertz CT molecular complexity index is 560. The number of anilines is 2. The SMILES string of the molecule is Nc1c(NOCc2cnccn2)c(=O)c1=O. The van der Waals surface area contributed by atoms with Crippen molar-refractivity contribution >= 4 is 11.4 Å². The Hall–Kier alpha value is -2.28. The summed E-state index contributed by atoms with van der Waals surface area (Å²) in [6, 6.07) is 0. The van der Waals surface area contributed by atoms with E-state index in [0.29, 0.717) is 5.69 Å². The molecule has 1 aromatic carbocycles. The highest BCUT2D eigenvalue weighted by molar-refractivity contribution is 5.70. The van der Waals surface area contributed by atoms with Crippen molar-refractivity contribution in [2.75, 3.05) is 11.2 Å². The topological polar surface area (TPSA) is 107 Å². The monoisotopic (exact) mass is 220 g/mol. The molecule has 0 aliphatic rings. The summed E-state index contributed by atoms with van der Waals surface area (Å²) < 4.78 is 0. The van der Waals surface area contributed by atoms with Gasteiger partial charge in [0.25, 0.3) is 10.9 Å². The first-order valence-electron chi connectivity index (χ1n) is 4.41. The molecule has 2 rings (SSSR count). The van der Waals surface area contributed by atoms with E-state index in [1.807, 2.05) is 0 Å². The van der Waals surface area contributed by atoms with Gasteiger partial charge in [-0.25, -0.2) is 0 Å². The normalized spacial score (nSPS) is 10.5. The molecule has 0 spiro atoms. The maximum absolute atomic E-state index is 11.0. The number of nitrogens with two attached hydrogens (primary N) is 1. The second-order valence-corrected chi connectivity index (χ2v) is 3.03. The third-order valence-electron chi connectivity index (χ3n) is 1.96. The molecule has 16 heavy (non-hydrogen) atoms. The maximum atomic E-state index is 11.0. The summed E-state index contributed by atoms with van der Waals surface area (Å²) in [5.41, 5.74) is 6.71. The maximum Gasteiger partial charge on any atom is 0.255 e. The van der Waals surface area contributed by atoms with Gasteiger partial charge in [-0.3, -0.25) is 29.9 Å². The average molecular weight is 220 g/mol. The highest BCUT2D eigenvalue weighted by Crippen LogP contribution is 2.09. The van der Waals surface area contributed by atoms with E-state index in [1.165, 1.54) is 18.6 Å². The molecule has 0 saturated heterocycles. The number of aromatic nitrogens is 2. The summed E-state index contributed by atoms with van der Waals surface area (Å²) in [4.78, 5) is 34.4. The van der Waals surface area contributed by atoms with Gasteiger partial charge < -0.3 is 5.73 Å². The highest BCUT2D eigenvalue weighted by atomic mass is 16.6. The summed E-state index contributed by atoms with van der Waals surface area (Å²) in [7, 11) is 0. The van der Waals surface area contributed by atoms with Crippen molar-refractivity contribution in [2.24, 2.45) is 0 Å². The zero-order valence-electron chi connectivity index (χ0n) is 8.14. The Balaban J connectivity index is 1.91. The fraction of sp³-hybridized carbons (Fsp3) is 0.111. The first-order valence-corrected chi connectivity index (χ1v) is 4.41. The fourth-order valence-electron chi connectivity index (χ4n) is 1.10. The van der Waals surface area contributed by atoms with Gasteiger partial charge in [-0.1, -0.05) is 0 Å². The van der Waals surface area contributed by atoms with Crippen LogP contribution in [0.25, 0.3) is 0 Å². The van der Waals surface area contributed by atoms with Crippen LogP contribution < -0.4 is 22.1 Å². The van der Waals surface area contributed by atoms with Crippen LogP contribution in [-0.4, -0.2) is 9.97 Å². The third kappa shape index (κ3) is 1.75. The Morgan fingerprint density at radius 3 is 2.75 bits per heavy atom. The minimum Gasteiger partial charge on any atom is -0.394 e. The van der Waals surface area contributed by atoms with E-state index in [2.05, 4.69) is 15.4 Å². The van der Waals surface area contributed by atoms with Crippen LogP contribution in [-0.2, 0) is 11.4 Å². The molecule has 0 amide bonds. The van der Waals surface area contributed by atoms with E-state index in [9.17, 15) is 9.59 Å². The Morgan fingerprint density at radius 2 is 2.12 bits per heavy atom. The molecular formula is C9H8N4O3. The van der Waals surface area contributed by atoms with Crippen LogP contribution >= 0.6 is 0 Å². The molecule has 0 bridgehead atoms. The minimum absolute atomic E-state index is 0.00566. The number of hydrogen-bond donors (Lipinski definition) is 2. The lowest BCUT2D eigenvalue weighted by molar-refractivity contribution is 0.176. The van der Waals surface area contributed by atoms with Crippen LogP contribution in [0, 0.1) is 0 Å². The van der Waals surface area contributed by atoms with Gasteiger partial charge in [-0.05, 0) is 0 Å². The Labute approximate surface area is 89.6 Å². The number of nitrogen functional groups attached to an aromatic ring is 1. The van der Waals surface area contributed by atoms with E-state index in [-0.39, 0.29) is 18.0 Å². The van der Waals surface area contributed by atoms with E-state index in [0.717, 1.165) is 0 Å². The molecule has 1 aromatic heterocycles. The summed E-state index contributed by atoms with van der Waals surface area (Å²) >= 11 is 0. The van der Waals surface area contributed by atoms with Crippen molar-refractivity contribution in [3.63, 3.8) is 0 Å². The lowest BCUT2D eigenvalue weighted by Gasteiger charge is -2.09. The van der Waals surface area contributed by atoms with Crippen molar-refractivity contribution < 1.29 is 4.84 Å². The van der Waals surface area contributed by atoms with Crippen LogP contribution in [0.1, 0.15) is 5.69 Å². The highest BCUT2D eigenvalue weighted by Gasteiger charge is 2.17. The van der Waals surface area contributed by atoms with Gasteiger partial charge in [0.1, 0.15) is 18.0 Å². The van der Waals surface area contributed by atoms with Gasteiger partial charge in [-0.2, -0.15) is 0 Å². The van der Waals surface area contributed by atoms with Gasteiger partial charge >= 0.3 is 0 Å². The molecule has 7 heteroatoms. The zero-order valence-corrected chi connectivity index (χ0v) is 8.14. The molecule has 3 N–H and O–H groups in total. The lowest BCUT2D eigenvalue weighted by atomic mass is 10.2. The first-order chi connectivity index (χ1) is 7.70. The number of hydrogen-bond acceptors (Lipinski definition) is 7. The largest absolute Gasteiger partial charge is 0.394 e. The quantitative estimate of drug-likeness (QED) is 0.513. The Kier molecular flexibility index (Phi) is 2.61. The number of nitrogens with zero attached hydrogens (tertiary/aromatic N) is 2. The minimum atomic E-state index is -0.689. The van der Waals surface area contributed by atoms with Crippen LogP contribution in [0.3, 0.4) is 0 Å². The van der Waals surface area contributed by atoms with Crippen molar-refractivity contribution in [3.8, 4) is 0 Å². The second-order valence-electron chi connectivity index (χ2n) is 3.03. The third-order valence-corrected chi connectivity index (χ3v) is 1.96. The molecule has 0 saturated carbocycles. The van der Waals surface area contributed by atoms with Crippen LogP contribution in [0.5, 0.6) is 0 Å². The van der Waals surface area contributed by atoms with Gasteiger partial charge in [0.15, 0.2) is 0 Å². The molecular weight excluding hydrogens is 212 g/mol. The van der Waals surface area contributed by atoms with E-state index in [4.69, 9.17) is 10.6 Å². The first kappa shape index (κ1) is 10.2. The standard InChI is InChI=1S/C9H8N4O3/c10-6-7(9(15)8(6)14)13-16-4-5-3-11-1-2-12-5/h1-3,13H,4,10H2. The molecule has 0 radical (unpaired) electrons. The molecule has 2 aromatic rings. The van der Waals surface area contributed by atoms with Gasteiger partial charge in [0, 0.05) is 12.4 Å². The molecule has 0 unspecified atom stereocenters. The molecule has 0 aliphatic heterocycles. The van der Waals surface area contributed by atoms with Gasteiger partial charge in [0.05, 0.1) is 11.9 Å². The summed E-state index contributed by atoms with van der Waals surface area (Å²) in [6.07, 6.45) is 4.57. The molecule has 82 valence electrons. The second kappa shape index (κ2) is 4.07. The molecule has 0 atom stereocenters. The van der Waals surface area contributed by atoms with Crippen LogP contribution in [0.2, 0.25) is 0 Å². The van der Waals surface area contributed by atoms with Crippen LogP contribution in [0.15, 0.2) is 28.2 Å². The van der Waals surface area contributed by atoms with Crippen molar-refractivity contribution in [1.29, 1.82) is 0 Å². The fourth-order valence-corrected chi connectivity index (χ4v) is 1.10. The van der Waals surface area contributed by atoms with Crippen molar-refractivity contribution in [2.45, 2.75) is 6.61 Å². The van der Waals surface area contributed by atoms with Crippen molar-refractivity contribution in [3.05, 3.63) is 44.7 Å². The average Bonchev–Trinajstić information content (AvgIpc) is 2.34. The number of rotatable bonds is 4. The van der Waals surface area contributed by atoms with Crippen LogP contribution in [0.4, 0.5) is 11.4 Å². The lowest BCUT2D eigenvalue weighted by Crippen LogP contribution is -2.37. The summed E-state index contributed by atoms with van der Waals surface area (Å²) in [6.45, 7) is 0.117. The molecule has 0 aliphatic carbocycles. The van der Waals surface area contributed by atoms with E-state index in [1.54, 1.807) is 0 Å². The summed E-state index contributed by atoms with van der Waals surface area (Å²) in [5.74, 6) is 0. The van der Waals surface area contributed by atoms with Crippen molar-refractivity contribution in [1.82, 2.24) is 9.97 Å². The Morgan fingerprint density at radius 1 is 1.31 bits per heavy atom.